The summed E-state index contributed by atoms with van der Waals surface area (Å²) in [5.41, 5.74) is 0.0897. The molecule has 0 aliphatic rings. The Hall–Kier alpha value is -0.650. The van der Waals surface area contributed by atoms with Crippen molar-refractivity contribution in [1.29, 1.82) is 0 Å². The smallest absolute Gasteiger partial charge is 0.172 e. The van der Waals surface area contributed by atoms with Gasteiger partial charge in [0.25, 0.3) is 0 Å². The first-order chi connectivity index (χ1) is 4.74. The van der Waals surface area contributed by atoms with Crippen LogP contribution in [0.3, 0.4) is 0 Å². The molecule has 1 aromatic rings. The third-order valence-electron chi connectivity index (χ3n) is 0.980. The molecule has 0 spiro atoms. The summed E-state index contributed by atoms with van der Waals surface area (Å²) in [6, 6.07) is 3.07. The molecule has 1 heterocycles. The Morgan fingerprint density at radius 3 is 2.80 bits per heavy atom. The van der Waals surface area contributed by atoms with Gasteiger partial charge in [0, 0.05) is 0 Å². The molecule has 0 radical (unpaired) electrons. The second-order valence-corrected chi connectivity index (χ2v) is 2.76. The van der Waals surface area contributed by atoms with E-state index in [1.807, 2.05) is 22.6 Å². The topological polar surface area (TPSA) is 50.2 Å². The van der Waals surface area contributed by atoms with Gasteiger partial charge in [0.05, 0.1) is 0 Å². The monoisotopic (exact) mass is 249 g/mol. The number of carbonyl (C=O) groups is 1. The standard InChI is InChI=1S/C6H4INO2/c7-6-2-1-5(10)4(3-9)8-6/h1-3,10H. The van der Waals surface area contributed by atoms with Gasteiger partial charge >= 0.3 is 0 Å². The third kappa shape index (κ3) is 1.44. The highest BCUT2D eigenvalue weighted by Gasteiger charge is 1.99. The zero-order chi connectivity index (χ0) is 7.56. The number of halogens is 1. The summed E-state index contributed by atoms with van der Waals surface area (Å²) in [5, 5.41) is 8.94. The van der Waals surface area contributed by atoms with E-state index in [9.17, 15) is 4.79 Å². The Kier molecular flexibility index (Phi) is 2.21. The van der Waals surface area contributed by atoms with Crippen LogP contribution in [0.15, 0.2) is 12.1 Å². The summed E-state index contributed by atoms with van der Waals surface area (Å²) >= 11 is 1.96. The quantitative estimate of drug-likeness (QED) is 0.462. The summed E-state index contributed by atoms with van der Waals surface area (Å²) < 4.78 is 0.692. The zero-order valence-electron chi connectivity index (χ0n) is 4.91. The van der Waals surface area contributed by atoms with Crippen LogP contribution in [-0.2, 0) is 0 Å². The van der Waals surface area contributed by atoms with Crippen molar-refractivity contribution in [2.45, 2.75) is 0 Å². The van der Waals surface area contributed by atoms with E-state index in [4.69, 9.17) is 5.11 Å². The van der Waals surface area contributed by atoms with Gasteiger partial charge in [-0.15, -0.1) is 0 Å². The van der Waals surface area contributed by atoms with E-state index >= 15 is 0 Å². The Morgan fingerprint density at radius 2 is 2.30 bits per heavy atom. The number of hydrogen-bond acceptors (Lipinski definition) is 3. The fourth-order valence-electron chi connectivity index (χ4n) is 0.529. The van der Waals surface area contributed by atoms with Crippen molar-refractivity contribution in [2.75, 3.05) is 0 Å². The first-order valence-corrected chi connectivity index (χ1v) is 3.62. The lowest BCUT2D eigenvalue weighted by atomic mass is 10.3. The van der Waals surface area contributed by atoms with Crippen molar-refractivity contribution in [3.8, 4) is 5.75 Å². The molecule has 0 unspecified atom stereocenters. The van der Waals surface area contributed by atoms with Gasteiger partial charge < -0.3 is 5.11 Å². The second-order valence-electron chi connectivity index (χ2n) is 1.66. The molecule has 1 N–H and O–H groups in total. The molecular formula is C6H4INO2. The van der Waals surface area contributed by atoms with Crippen LogP contribution in [-0.4, -0.2) is 16.4 Å². The minimum absolute atomic E-state index is 0.0737. The molecule has 0 amide bonds. The summed E-state index contributed by atoms with van der Waals surface area (Å²) in [6.45, 7) is 0. The number of aromatic hydroxyl groups is 1. The van der Waals surface area contributed by atoms with Crippen molar-refractivity contribution in [1.82, 2.24) is 4.98 Å². The number of pyridine rings is 1. The molecule has 0 atom stereocenters. The van der Waals surface area contributed by atoms with Crippen molar-refractivity contribution in [2.24, 2.45) is 0 Å². The minimum atomic E-state index is -0.0737. The van der Waals surface area contributed by atoms with E-state index in [0.29, 0.717) is 9.99 Å². The maximum atomic E-state index is 10.2. The number of aromatic nitrogens is 1. The summed E-state index contributed by atoms with van der Waals surface area (Å²) in [4.78, 5) is 13.9. The average molecular weight is 249 g/mol. The molecule has 1 aromatic heterocycles. The molecule has 1 rings (SSSR count). The number of aldehydes is 1. The van der Waals surface area contributed by atoms with E-state index in [1.54, 1.807) is 6.07 Å². The van der Waals surface area contributed by atoms with Gasteiger partial charge in [0.1, 0.15) is 15.1 Å². The molecule has 0 aromatic carbocycles. The van der Waals surface area contributed by atoms with Gasteiger partial charge in [-0.3, -0.25) is 4.79 Å². The lowest BCUT2D eigenvalue weighted by molar-refractivity contribution is 0.111. The molecule has 0 saturated carbocycles. The largest absolute Gasteiger partial charge is 0.506 e. The van der Waals surface area contributed by atoms with Gasteiger partial charge in [-0.2, -0.15) is 0 Å². The predicted molar refractivity (Wildman–Crippen MR) is 44.0 cm³/mol. The molecule has 10 heavy (non-hydrogen) atoms. The van der Waals surface area contributed by atoms with Crippen molar-refractivity contribution in [3.05, 3.63) is 21.5 Å². The summed E-state index contributed by atoms with van der Waals surface area (Å²) in [5.74, 6) is -0.0737. The van der Waals surface area contributed by atoms with E-state index in [2.05, 4.69) is 4.98 Å². The van der Waals surface area contributed by atoms with Crippen LogP contribution >= 0.6 is 22.6 Å². The number of nitrogens with zero attached hydrogens (tertiary/aromatic N) is 1. The van der Waals surface area contributed by atoms with Crippen LogP contribution in [0.4, 0.5) is 0 Å². The molecule has 4 heteroatoms. The van der Waals surface area contributed by atoms with Crippen molar-refractivity contribution >= 4 is 28.9 Å². The molecule has 52 valence electrons. The zero-order valence-corrected chi connectivity index (χ0v) is 7.07. The van der Waals surface area contributed by atoms with Crippen molar-refractivity contribution in [3.63, 3.8) is 0 Å². The van der Waals surface area contributed by atoms with Crippen LogP contribution in [0.5, 0.6) is 5.75 Å². The Morgan fingerprint density at radius 1 is 1.60 bits per heavy atom. The van der Waals surface area contributed by atoms with E-state index < -0.39 is 0 Å². The van der Waals surface area contributed by atoms with Gasteiger partial charge in [-0.05, 0) is 34.7 Å². The fourth-order valence-corrected chi connectivity index (χ4v) is 0.969. The Labute approximate surface area is 71.2 Å². The molecule has 0 bridgehead atoms. The first kappa shape index (κ1) is 7.46. The SMILES string of the molecule is O=Cc1nc(I)ccc1O. The van der Waals surface area contributed by atoms with Gasteiger partial charge in [0.15, 0.2) is 6.29 Å². The highest BCUT2D eigenvalue weighted by atomic mass is 127. The van der Waals surface area contributed by atoms with E-state index in [0.717, 1.165) is 0 Å². The summed E-state index contributed by atoms with van der Waals surface area (Å²) in [6.07, 6.45) is 0.525. The molecule has 3 nitrogen and oxygen atoms in total. The minimum Gasteiger partial charge on any atom is -0.506 e. The van der Waals surface area contributed by atoms with Crippen LogP contribution < -0.4 is 0 Å². The fraction of sp³-hybridized carbons (Fsp3) is 0. The first-order valence-electron chi connectivity index (χ1n) is 2.54. The van der Waals surface area contributed by atoms with Gasteiger partial charge in [-0.1, -0.05) is 0 Å². The lowest BCUT2D eigenvalue weighted by Gasteiger charge is -1.94. The maximum Gasteiger partial charge on any atom is 0.172 e. The number of carbonyl (C=O) groups excluding carboxylic acids is 1. The van der Waals surface area contributed by atoms with E-state index in [-0.39, 0.29) is 11.4 Å². The molecule has 0 aliphatic carbocycles. The molecule has 0 saturated heterocycles. The highest BCUT2D eigenvalue weighted by Crippen LogP contribution is 2.13. The summed E-state index contributed by atoms with van der Waals surface area (Å²) in [7, 11) is 0. The molecule has 0 aliphatic heterocycles. The maximum absolute atomic E-state index is 10.2. The average Bonchev–Trinajstić information content (AvgIpc) is 1.94. The van der Waals surface area contributed by atoms with Gasteiger partial charge in [0.2, 0.25) is 0 Å². The normalized spacial score (nSPS) is 9.30. The third-order valence-corrected chi connectivity index (χ3v) is 1.58. The number of hydrogen-bond donors (Lipinski definition) is 1. The van der Waals surface area contributed by atoms with Crippen LogP contribution in [0.25, 0.3) is 0 Å². The van der Waals surface area contributed by atoms with Crippen LogP contribution in [0, 0.1) is 3.70 Å². The van der Waals surface area contributed by atoms with Gasteiger partial charge in [-0.25, -0.2) is 4.98 Å². The lowest BCUT2D eigenvalue weighted by Crippen LogP contribution is -1.88. The Balaban J connectivity index is 3.21. The van der Waals surface area contributed by atoms with E-state index in [1.165, 1.54) is 6.07 Å². The number of rotatable bonds is 1. The Bertz CT molecular complexity index is 262. The molecule has 0 fully saturated rings. The predicted octanol–water partition coefficient (Wildman–Crippen LogP) is 1.20. The van der Waals surface area contributed by atoms with Crippen LogP contribution in [0.1, 0.15) is 10.5 Å². The van der Waals surface area contributed by atoms with Crippen molar-refractivity contribution < 1.29 is 9.90 Å². The highest BCUT2D eigenvalue weighted by molar-refractivity contribution is 14.1. The second kappa shape index (κ2) is 2.96. The van der Waals surface area contributed by atoms with Crippen LogP contribution in [0.2, 0.25) is 0 Å². The molecular weight excluding hydrogens is 245 g/mol.